The summed E-state index contributed by atoms with van der Waals surface area (Å²) in [7, 11) is 2.68. The van der Waals surface area contributed by atoms with E-state index < -0.39 is 47.9 Å². The number of carbonyl (C=O) groups is 2. The molecule has 0 fully saturated rings. The highest BCUT2D eigenvalue weighted by Gasteiger charge is 2.42. The van der Waals surface area contributed by atoms with Gasteiger partial charge in [-0.25, -0.2) is 4.98 Å². The van der Waals surface area contributed by atoms with Gasteiger partial charge < -0.3 is 24.3 Å². The number of rotatable bonds is 8. The number of nitrogens with zero attached hydrogens (tertiary/aromatic N) is 1. The van der Waals surface area contributed by atoms with Crippen molar-refractivity contribution in [3.63, 3.8) is 0 Å². The van der Waals surface area contributed by atoms with E-state index in [0.29, 0.717) is 0 Å². The molecule has 0 radical (unpaired) electrons. The van der Waals surface area contributed by atoms with E-state index in [1.165, 1.54) is 38.5 Å². The molecule has 3 rings (SSSR count). The number of amides is 1. The van der Waals surface area contributed by atoms with Crippen LogP contribution in [0.5, 0.6) is 11.5 Å². The van der Waals surface area contributed by atoms with Crippen molar-refractivity contribution in [1.82, 2.24) is 10.3 Å². The van der Waals surface area contributed by atoms with Gasteiger partial charge in [-0.3, -0.25) is 9.59 Å². The lowest BCUT2D eigenvalue weighted by Gasteiger charge is -2.21. The maximum atomic E-state index is 13.6. The molecule has 0 bridgehead atoms. The molecule has 3 aromatic rings. The zero-order chi connectivity index (χ0) is 24.2. The molecule has 1 unspecified atom stereocenters. The molecule has 33 heavy (non-hydrogen) atoms. The predicted molar refractivity (Wildman–Crippen MR) is 109 cm³/mol. The summed E-state index contributed by atoms with van der Waals surface area (Å²) in [4.78, 5) is 28.1. The number of nitrogens with one attached hydrogen (secondary N) is 1. The van der Waals surface area contributed by atoms with Crippen LogP contribution in [0.2, 0.25) is 0 Å². The molecule has 0 aliphatic heterocycles. The highest BCUT2D eigenvalue weighted by Crippen LogP contribution is 2.38. The molecule has 8 nitrogen and oxygen atoms in total. The minimum atomic E-state index is -5.01. The monoisotopic (exact) mass is 464 g/mol. The molecule has 0 saturated carbocycles. The van der Waals surface area contributed by atoms with Gasteiger partial charge in [-0.1, -0.05) is 30.3 Å². The van der Waals surface area contributed by atoms with Gasteiger partial charge in [-0.05, 0) is 18.2 Å². The number of oxazole rings is 1. The fraction of sp³-hybridized carbons (Fsp3) is 0.227. The van der Waals surface area contributed by atoms with E-state index in [-0.39, 0.29) is 22.6 Å². The molecule has 1 heterocycles. The van der Waals surface area contributed by atoms with E-state index in [4.69, 9.17) is 13.9 Å². The summed E-state index contributed by atoms with van der Waals surface area (Å²) < 4.78 is 56.1. The Labute approximate surface area is 186 Å². The number of hydrogen-bond donors (Lipinski definition) is 2. The lowest BCUT2D eigenvalue weighted by molar-refractivity contribution is -0.153. The third-order valence-electron chi connectivity index (χ3n) is 4.61. The second kappa shape index (κ2) is 9.63. The Morgan fingerprint density at radius 1 is 1.09 bits per heavy atom. The van der Waals surface area contributed by atoms with E-state index in [9.17, 15) is 27.9 Å². The SMILES string of the molecule is COc1cccc(C(CC(=O)O)NC(=O)c2nc(-c3ccccc3)oc2C(F)(F)F)c1OC. The molecular formula is C22H19F3N2O6. The van der Waals surface area contributed by atoms with Gasteiger partial charge in [0.25, 0.3) is 5.91 Å². The van der Waals surface area contributed by atoms with Crippen LogP contribution in [0.15, 0.2) is 52.9 Å². The average molecular weight is 464 g/mol. The van der Waals surface area contributed by atoms with Crippen LogP contribution in [-0.4, -0.2) is 36.2 Å². The van der Waals surface area contributed by atoms with Crippen LogP contribution in [0.4, 0.5) is 13.2 Å². The summed E-state index contributed by atoms with van der Waals surface area (Å²) >= 11 is 0. The van der Waals surface area contributed by atoms with Crippen molar-refractivity contribution >= 4 is 11.9 Å². The first-order chi connectivity index (χ1) is 15.7. The number of carbonyl (C=O) groups excluding carboxylic acids is 1. The van der Waals surface area contributed by atoms with Crippen LogP contribution in [0, 0.1) is 0 Å². The molecule has 0 spiro atoms. The largest absolute Gasteiger partial charge is 0.493 e. The van der Waals surface area contributed by atoms with Gasteiger partial charge in [0.15, 0.2) is 17.2 Å². The summed E-state index contributed by atoms with van der Waals surface area (Å²) in [5.41, 5.74) is -0.579. The van der Waals surface area contributed by atoms with Crippen molar-refractivity contribution in [3.8, 4) is 23.0 Å². The van der Waals surface area contributed by atoms with Crippen LogP contribution in [0.3, 0.4) is 0 Å². The van der Waals surface area contributed by atoms with Crippen molar-refractivity contribution in [2.75, 3.05) is 14.2 Å². The fourth-order valence-electron chi connectivity index (χ4n) is 3.20. The lowest BCUT2D eigenvalue weighted by Crippen LogP contribution is -2.32. The zero-order valence-corrected chi connectivity index (χ0v) is 17.5. The van der Waals surface area contributed by atoms with Gasteiger partial charge in [0.2, 0.25) is 11.7 Å². The third-order valence-corrected chi connectivity index (χ3v) is 4.61. The Morgan fingerprint density at radius 2 is 1.79 bits per heavy atom. The number of hydrogen-bond acceptors (Lipinski definition) is 6. The number of aromatic nitrogens is 1. The molecule has 1 aromatic heterocycles. The lowest BCUT2D eigenvalue weighted by atomic mass is 10.0. The van der Waals surface area contributed by atoms with E-state index in [0.717, 1.165) is 0 Å². The molecule has 2 N–H and O–H groups in total. The van der Waals surface area contributed by atoms with Crippen molar-refractivity contribution in [1.29, 1.82) is 0 Å². The van der Waals surface area contributed by atoms with Crippen LogP contribution in [-0.2, 0) is 11.0 Å². The second-order valence-corrected chi connectivity index (χ2v) is 6.77. The molecule has 174 valence electrons. The topological polar surface area (TPSA) is 111 Å². The van der Waals surface area contributed by atoms with Crippen molar-refractivity contribution in [2.24, 2.45) is 0 Å². The van der Waals surface area contributed by atoms with Crippen LogP contribution in [0.1, 0.15) is 34.3 Å². The number of carboxylic acid groups (broad SMARTS) is 1. The van der Waals surface area contributed by atoms with Crippen molar-refractivity contribution in [2.45, 2.75) is 18.6 Å². The number of halogens is 3. The maximum absolute atomic E-state index is 13.6. The summed E-state index contributed by atoms with van der Waals surface area (Å²) in [6.45, 7) is 0. The van der Waals surface area contributed by atoms with Crippen molar-refractivity contribution < 1.29 is 41.8 Å². The number of benzene rings is 2. The molecule has 0 saturated heterocycles. The Balaban J connectivity index is 2.03. The highest BCUT2D eigenvalue weighted by atomic mass is 19.4. The number of methoxy groups -OCH3 is 2. The highest BCUT2D eigenvalue weighted by molar-refractivity contribution is 5.94. The predicted octanol–water partition coefficient (Wildman–Crippen LogP) is 4.32. The Kier molecular flexibility index (Phi) is 6.90. The first-order valence-electron chi connectivity index (χ1n) is 9.52. The summed E-state index contributed by atoms with van der Waals surface area (Å²) in [6, 6.07) is 11.0. The van der Waals surface area contributed by atoms with Crippen molar-refractivity contribution in [3.05, 3.63) is 65.5 Å². The molecule has 2 aromatic carbocycles. The van der Waals surface area contributed by atoms with Crippen LogP contribution >= 0.6 is 0 Å². The molecule has 0 aliphatic carbocycles. The van der Waals surface area contributed by atoms with Gasteiger partial charge in [-0.2, -0.15) is 13.2 Å². The van der Waals surface area contributed by atoms with Crippen LogP contribution in [0.25, 0.3) is 11.5 Å². The summed E-state index contributed by atoms with van der Waals surface area (Å²) in [6.07, 6.45) is -5.65. The zero-order valence-electron chi connectivity index (χ0n) is 17.5. The van der Waals surface area contributed by atoms with Gasteiger partial charge in [0.1, 0.15) is 0 Å². The minimum absolute atomic E-state index is 0.132. The standard InChI is InChI=1S/C22H19F3N2O6/c1-31-15-10-6-9-13(18(15)32-2)14(11-16(28)29)26-20(30)17-19(22(23,24)25)33-21(27-17)12-7-4-3-5-8-12/h3-10,14H,11H2,1-2H3,(H,26,30)(H,28,29). The number of alkyl halides is 3. The quantitative estimate of drug-likeness (QED) is 0.511. The minimum Gasteiger partial charge on any atom is -0.493 e. The first-order valence-corrected chi connectivity index (χ1v) is 9.52. The number of carboxylic acids is 1. The van der Waals surface area contributed by atoms with Gasteiger partial charge in [0, 0.05) is 11.1 Å². The van der Waals surface area contributed by atoms with Gasteiger partial charge in [0.05, 0.1) is 26.7 Å². The Morgan fingerprint density at radius 3 is 2.36 bits per heavy atom. The Bertz CT molecular complexity index is 1140. The van der Waals surface area contributed by atoms with E-state index >= 15 is 0 Å². The van der Waals surface area contributed by atoms with E-state index in [1.807, 2.05) is 0 Å². The van der Waals surface area contributed by atoms with E-state index in [1.54, 1.807) is 24.3 Å². The number of para-hydroxylation sites is 1. The smallest absolute Gasteiger partial charge is 0.452 e. The Hall–Kier alpha value is -4.02. The van der Waals surface area contributed by atoms with Crippen LogP contribution < -0.4 is 14.8 Å². The first kappa shape index (κ1) is 23.6. The van der Waals surface area contributed by atoms with Gasteiger partial charge >= 0.3 is 12.1 Å². The maximum Gasteiger partial charge on any atom is 0.452 e. The normalized spacial score (nSPS) is 12.2. The van der Waals surface area contributed by atoms with Gasteiger partial charge in [-0.15, -0.1) is 0 Å². The molecule has 0 aliphatic rings. The number of aliphatic carboxylic acids is 1. The molecule has 11 heteroatoms. The molecule has 1 atom stereocenters. The second-order valence-electron chi connectivity index (χ2n) is 6.77. The summed E-state index contributed by atoms with van der Waals surface area (Å²) in [5, 5.41) is 11.6. The molecule has 1 amide bonds. The fourth-order valence-corrected chi connectivity index (χ4v) is 3.20. The molecular weight excluding hydrogens is 445 g/mol. The third kappa shape index (κ3) is 5.25. The van der Waals surface area contributed by atoms with E-state index in [2.05, 4.69) is 10.3 Å². The number of ether oxygens (including phenoxy) is 2. The average Bonchev–Trinajstić information content (AvgIpc) is 3.24. The summed E-state index contributed by atoms with van der Waals surface area (Å²) in [5.74, 6) is -4.17.